The van der Waals surface area contributed by atoms with Crippen molar-refractivity contribution in [1.82, 2.24) is 5.32 Å². The summed E-state index contributed by atoms with van der Waals surface area (Å²) in [6, 6.07) is 5.74. The van der Waals surface area contributed by atoms with Crippen molar-refractivity contribution in [3.05, 3.63) is 30.1 Å². The number of carbonyl (C=O) groups excluding carboxylic acids is 3. The first kappa shape index (κ1) is 19.9. The minimum atomic E-state index is -0.687. The molecule has 4 saturated carbocycles. The minimum Gasteiger partial charge on any atom is -0.454 e. The highest BCUT2D eigenvalue weighted by atomic mass is 19.1. The van der Waals surface area contributed by atoms with E-state index in [2.05, 4.69) is 10.6 Å². The second-order valence-corrected chi connectivity index (χ2v) is 9.06. The third-order valence-corrected chi connectivity index (χ3v) is 6.64. The van der Waals surface area contributed by atoms with Crippen LogP contribution in [0.5, 0.6) is 0 Å². The molecule has 0 aromatic heterocycles. The van der Waals surface area contributed by atoms with E-state index in [4.69, 9.17) is 4.74 Å². The Morgan fingerprint density at radius 1 is 1.00 bits per heavy atom. The van der Waals surface area contributed by atoms with Crippen molar-refractivity contribution in [2.45, 2.75) is 44.9 Å². The number of nitrogens with one attached hydrogen (secondary N) is 2. The molecule has 0 saturated heterocycles. The number of carbonyl (C=O) groups is 3. The molecule has 7 heteroatoms. The average Bonchev–Trinajstić information content (AvgIpc) is 2.65. The zero-order valence-electron chi connectivity index (χ0n) is 16.4. The van der Waals surface area contributed by atoms with E-state index in [1.165, 1.54) is 37.5 Å². The number of hydrogen-bond donors (Lipinski definition) is 2. The number of esters is 1. The van der Waals surface area contributed by atoms with Gasteiger partial charge in [-0.25, -0.2) is 4.39 Å². The van der Waals surface area contributed by atoms with E-state index < -0.39 is 24.3 Å². The normalized spacial score (nSPS) is 29.3. The van der Waals surface area contributed by atoms with Crippen molar-refractivity contribution >= 4 is 23.5 Å². The van der Waals surface area contributed by atoms with Gasteiger partial charge in [0.05, 0.1) is 5.69 Å². The molecule has 0 unspecified atom stereocenters. The largest absolute Gasteiger partial charge is 0.454 e. The highest BCUT2D eigenvalue weighted by Gasteiger charge is 2.51. The summed E-state index contributed by atoms with van der Waals surface area (Å²) in [4.78, 5) is 36.0. The van der Waals surface area contributed by atoms with Gasteiger partial charge < -0.3 is 15.4 Å². The van der Waals surface area contributed by atoms with Gasteiger partial charge in [-0.05, 0) is 73.8 Å². The first-order chi connectivity index (χ1) is 13.9. The van der Waals surface area contributed by atoms with Crippen molar-refractivity contribution in [2.75, 3.05) is 18.5 Å². The van der Waals surface area contributed by atoms with Crippen LogP contribution in [0.1, 0.15) is 44.9 Å². The average molecular weight is 402 g/mol. The SMILES string of the molecule is O=C(CC12CC3CC(CC(C3)C1)C2)NCC(=O)OCC(=O)Nc1ccccc1F. The number of ether oxygens (including phenoxy) is 1. The van der Waals surface area contributed by atoms with Crippen LogP contribution in [-0.4, -0.2) is 30.9 Å². The predicted molar refractivity (Wildman–Crippen MR) is 104 cm³/mol. The molecule has 2 amide bonds. The van der Waals surface area contributed by atoms with Crippen LogP contribution in [0, 0.1) is 29.0 Å². The highest BCUT2D eigenvalue weighted by Crippen LogP contribution is 2.61. The monoisotopic (exact) mass is 402 g/mol. The Morgan fingerprint density at radius 3 is 2.24 bits per heavy atom. The van der Waals surface area contributed by atoms with Crippen molar-refractivity contribution in [3.63, 3.8) is 0 Å². The standard InChI is InChI=1S/C22H27FN2O4/c23-17-3-1-2-4-18(17)25-20(27)13-29-21(28)12-24-19(26)11-22-8-14-5-15(9-22)7-16(6-14)10-22/h1-4,14-16H,5-13H2,(H,24,26)(H,25,27). The highest BCUT2D eigenvalue weighted by molar-refractivity contribution is 5.93. The van der Waals surface area contributed by atoms with Crippen LogP contribution in [0.4, 0.5) is 10.1 Å². The molecule has 0 radical (unpaired) electrons. The molecule has 4 aliphatic carbocycles. The predicted octanol–water partition coefficient (Wildman–Crippen LogP) is 3.03. The van der Waals surface area contributed by atoms with Gasteiger partial charge in [0.1, 0.15) is 12.4 Å². The summed E-state index contributed by atoms with van der Waals surface area (Å²) < 4.78 is 18.4. The quantitative estimate of drug-likeness (QED) is 0.687. The fraction of sp³-hybridized carbons (Fsp3) is 0.591. The summed E-state index contributed by atoms with van der Waals surface area (Å²) in [5.74, 6) is 0.297. The number of para-hydroxylation sites is 1. The third-order valence-electron chi connectivity index (χ3n) is 6.64. The van der Waals surface area contributed by atoms with Crippen molar-refractivity contribution in [2.24, 2.45) is 23.2 Å². The topological polar surface area (TPSA) is 84.5 Å². The van der Waals surface area contributed by atoms with Gasteiger partial charge in [0.25, 0.3) is 5.91 Å². The van der Waals surface area contributed by atoms with E-state index in [1.54, 1.807) is 6.07 Å². The van der Waals surface area contributed by atoms with Crippen LogP contribution in [0.2, 0.25) is 0 Å². The summed E-state index contributed by atoms with van der Waals surface area (Å²) in [5, 5.41) is 4.97. The number of anilines is 1. The second kappa shape index (κ2) is 8.13. The number of benzene rings is 1. The van der Waals surface area contributed by atoms with Gasteiger partial charge in [-0.2, -0.15) is 0 Å². The van der Waals surface area contributed by atoms with Crippen LogP contribution in [0.3, 0.4) is 0 Å². The second-order valence-electron chi connectivity index (χ2n) is 9.06. The van der Waals surface area contributed by atoms with Gasteiger partial charge >= 0.3 is 5.97 Å². The lowest BCUT2D eigenvalue weighted by Gasteiger charge is -2.56. The van der Waals surface area contributed by atoms with E-state index in [9.17, 15) is 18.8 Å². The summed E-state index contributed by atoms with van der Waals surface area (Å²) in [5.41, 5.74) is 0.139. The fourth-order valence-electron chi connectivity index (χ4n) is 6.03. The van der Waals surface area contributed by atoms with Crippen molar-refractivity contribution < 1.29 is 23.5 Å². The first-order valence-corrected chi connectivity index (χ1v) is 10.4. The molecule has 6 nitrogen and oxygen atoms in total. The Kier molecular flexibility index (Phi) is 5.56. The Bertz CT molecular complexity index is 774. The lowest BCUT2D eigenvalue weighted by atomic mass is 9.49. The molecule has 156 valence electrons. The third kappa shape index (κ3) is 4.77. The van der Waals surface area contributed by atoms with Crippen LogP contribution < -0.4 is 10.6 Å². The zero-order chi connectivity index (χ0) is 20.4. The lowest BCUT2D eigenvalue weighted by molar-refractivity contribution is -0.147. The van der Waals surface area contributed by atoms with Crippen LogP contribution in [0.15, 0.2) is 24.3 Å². The summed E-state index contributed by atoms with van der Waals surface area (Å²) in [6.45, 7) is -0.795. The fourth-order valence-corrected chi connectivity index (χ4v) is 6.03. The minimum absolute atomic E-state index is 0.0254. The molecule has 5 rings (SSSR count). The molecule has 0 aliphatic heterocycles. The van der Waals surface area contributed by atoms with E-state index >= 15 is 0 Å². The molecular formula is C22H27FN2O4. The molecule has 2 N–H and O–H groups in total. The summed E-state index contributed by atoms with van der Waals surface area (Å²) in [6.07, 6.45) is 7.83. The maximum Gasteiger partial charge on any atom is 0.325 e. The molecule has 4 aliphatic rings. The van der Waals surface area contributed by atoms with Gasteiger partial charge in [-0.1, -0.05) is 12.1 Å². The van der Waals surface area contributed by atoms with Gasteiger partial charge in [0, 0.05) is 6.42 Å². The van der Waals surface area contributed by atoms with E-state index in [0.29, 0.717) is 6.42 Å². The molecule has 0 atom stereocenters. The van der Waals surface area contributed by atoms with Crippen LogP contribution in [-0.2, 0) is 19.1 Å². The number of rotatable bonds is 7. The van der Waals surface area contributed by atoms with Crippen molar-refractivity contribution in [1.29, 1.82) is 0 Å². The van der Waals surface area contributed by atoms with Crippen LogP contribution in [0.25, 0.3) is 0 Å². The smallest absolute Gasteiger partial charge is 0.325 e. The Morgan fingerprint density at radius 2 is 1.62 bits per heavy atom. The molecule has 4 bridgehead atoms. The Balaban J connectivity index is 1.17. The lowest BCUT2D eigenvalue weighted by Crippen LogP contribution is -2.48. The van der Waals surface area contributed by atoms with Gasteiger partial charge in [-0.3, -0.25) is 14.4 Å². The maximum atomic E-state index is 13.5. The van der Waals surface area contributed by atoms with E-state index in [-0.39, 0.29) is 23.6 Å². The zero-order valence-corrected chi connectivity index (χ0v) is 16.4. The molecular weight excluding hydrogens is 375 g/mol. The van der Waals surface area contributed by atoms with Crippen LogP contribution >= 0.6 is 0 Å². The maximum absolute atomic E-state index is 13.5. The van der Waals surface area contributed by atoms with Gasteiger partial charge in [-0.15, -0.1) is 0 Å². The number of amides is 2. The summed E-state index contributed by atoms with van der Waals surface area (Å²) >= 11 is 0. The summed E-state index contributed by atoms with van der Waals surface area (Å²) in [7, 11) is 0. The van der Waals surface area contributed by atoms with Crippen molar-refractivity contribution in [3.8, 4) is 0 Å². The molecule has 0 spiro atoms. The Hall–Kier alpha value is -2.44. The van der Waals surface area contributed by atoms with E-state index in [1.807, 2.05) is 0 Å². The molecule has 29 heavy (non-hydrogen) atoms. The first-order valence-electron chi connectivity index (χ1n) is 10.4. The number of halogens is 1. The molecule has 1 aromatic carbocycles. The molecule has 1 aromatic rings. The Labute approximate surface area is 169 Å². The molecule has 4 fully saturated rings. The van der Waals surface area contributed by atoms with Gasteiger partial charge in [0.2, 0.25) is 5.91 Å². The van der Waals surface area contributed by atoms with Gasteiger partial charge in [0.15, 0.2) is 6.61 Å². The number of hydrogen-bond acceptors (Lipinski definition) is 4. The van der Waals surface area contributed by atoms with E-state index in [0.717, 1.165) is 37.0 Å². The molecule has 0 heterocycles.